The Morgan fingerprint density at radius 1 is 0.935 bits per heavy atom. The molecule has 0 aromatic heterocycles. The predicted molar refractivity (Wildman–Crippen MR) is 127 cm³/mol. The summed E-state index contributed by atoms with van der Waals surface area (Å²) in [7, 11) is 0. The number of aliphatic hydroxyl groups is 3. The summed E-state index contributed by atoms with van der Waals surface area (Å²) < 4.78 is 5.69. The highest BCUT2D eigenvalue weighted by Crippen LogP contribution is 2.41. The normalized spacial score (nSPS) is 13.3. The number of hydrogen-bond acceptors (Lipinski definition) is 4. The molecule has 1 atom stereocenters. The van der Waals surface area contributed by atoms with Crippen LogP contribution in [0.5, 0.6) is 5.75 Å². The quantitative estimate of drug-likeness (QED) is 0.479. The van der Waals surface area contributed by atoms with Crippen molar-refractivity contribution < 1.29 is 20.1 Å². The largest absolute Gasteiger partial charge is 0.491 e. The number of aliphatic hydroxyl groups excluding tert-OH is 2. The van der Waals surface area contributed by atoms with Crippen LogP contribution < -0.4 is 4.74 Å². The van der Waals surface area contributed by atoms with Gasteiger partial charge in [0.05, 0.1) is 12.2 Å². The van der Waals surface area contributed by atoms with E-state index >= 15 is 0 Å². The number of aryl methyl sites for hydroxylation is 3. The second-order valence-electron chi connectivity index (χ2n) is 9.37. The van der Waals surface area contributed by atoms with Crippen molar-refractivity contribution in [1.82, 2.24) is 0 Å². The van der Waals surface area contributed by atoms with E-state index < -0.39 is 11.7 Å². The highest BCUT2D eigenvalue weighted by Gasteiger charge is 2.31. The van der Waals surface area contributed by atoms with Crippen LogP contribution in [-0.2, 0) is 11.8 Å². The van der Waals surface area contributed by atoms with E-state index in [1.165, 1.54) is 22.3 Å². The van der Waals surface area contributed by atoms with Crippen LogP contribution in [0, 0.1) is 13.8 Å². The molecule has 0 saturated carbocycles. The third-order valence-corrected chi connectivity index (χ3v) is 6.48. The van der Waals surface area contributed by atoms with Crippen molar-refractivity contribution in [3.05, 3.63) is 64.2 Å². The first-order valence-electron chi connectivity index (χ1n) is 11.4. The number of rotatable bonds is 11. The van der Waals surface area contributed by atoms with Gasteiger partial charge in [0.15, 0.2) is 0 Å². The Morgan fingerprint density at radius 3 is 2.00 bits per heavy atom. The van der Waals surface area contributed by atoms with Crippen LogP contribution in [0.2, 0.25) is 0 Å². The van der Waals surface area contributed by atoms with Gasteiger partial charge in [-0.1, -0.05) is 44.2 Å². The SMILES string of the molecule is CCC(CC)(c1ccc(CCC(C)(C)O)c(C)c1)c1ccc(OC[C@@H](O)CO)c(C)c1. The molecule has 0 heterocycles. The molecule has 3 N–H and O–H groups in total. The summed E-state index contributed by atoms with van der Waals surface area (Å²) in [5.41, 5.74) is 5.40. The van der Waals surface area contributed by atoms with E-state index in [4.69, 9.17) is 9.84 Å². The van der Waals surface area contributed by atoms with Crippen LogP contribution in [0.1, 0.15) is 74.8 Å². The fourth-order valence-electron chi connectivity index (χ4n) is 4.30. The summed E-state index contributed by atoms with van der Waals surface area (Å²) >= 11 is 0. The molecule has 0 saturated heterocycles. The van der Waals surface area contributed by atoms with Gasteiger partial charge in [-0.2, -0.15) is 0 Å². The maximum absolute atomic E-state index is 10.1. The van der Waals surface area contributed by atoms with Gasteiger partial charge in [-0.3, -0.25) is 0 Å². The molecule has 0 unspecified atom stereocenters. The van der Waals surface area contributed by atoms with E-state index in [0.717, 1.165) is 37.0 Å². The molecular weight excluding hydrogens is 388 g/mol. The van der Waals surface area contributed by atoms with E-state index in [1.807, 2.05) is 26.8 Å². The van der Waals surface area contributed by atoms with Crippen molar-refractivity contribution in [2.45, 2.75) is 84.3 Å². The maximum atomic E-state index is 10.1. The molecule has 2 rings (SSSR count). The summed E-state index contributed by atoms with van der Waals surface area (Å²) in [6.45, 7) is 12.1. The Hall–Kier alpha value is -1.88. The Balaban J connectivity index is 2.35. The molecule has 0 amide bonds. The Labute approximate surface area is 187 Å². The molecule has 0 radical (unpaired) electrons. The molecule has 4 heteroatoms. The summed E-state index contributed by atoms with van der Waals surface area (Å²) in [5, 5.41) is 28.6. The van der Waals surface area contributed by atoms with Gasteiger partial charge in [0.2, 0.25) is 0 Å². The van der Waals surface area contributed by atoms with Gasteiger partial charge in [0.25, 0.3) is 0 Å². The molecule has 0 spiro atoms. The topological polar surface area (TPSA) is 69.9 Å². The zero-order chi connectivity index (χ0) is 23.2. The molecule has 0 aliphatic heterocycles. The lowest BCUT2D eigenvalue weighted by atomic mass is 9.69. The highest BCUT2D eigenvalue weighted by atomic mass is 16.5. The molecule has 2 aromatic rings. The molecule has 4 nitrogen and oxygen atoms in total. The Bertz CT molecular complexity index is 847. The number of ether oxygens (including phenoxy) is 1. The van der Waals surface area contributed by atoms with Gasteiger partial charge in [0.1, 0.15) is 18.5 Å². The second kappa shape index (κ2) is 10.6. The van der Waals surface area contributed by atoms with Crippen LogP contribution in [0.3, 0.4) is 0 Å². The van der Waals surface area contributed by atoms with Crippen LogP contribution >= 0.6 is 0 Å². The second-order valence-corrected chi connectivity index (χ2v) is 9.37. The lowest BCUT2D eigenvalue weighted by molar-refractivity contribution is 0.0534. The Morgan fingerprint density at radius 2 is 1.52 bits per heavy atom. The zero-order valence-electron chi connectivity index (χ0n) is 20.0. The fourth-order valence-corrected chi connectivity index (χ4v) is 4.30. The van der Waals surface area contributed by atoms with Crippen molar-refractivity contribution >= 4 is 0 Å². The molecule has 172 valence electrons. The fraction of sp³-hybridized carbons (Fsp3) is 0.556. The van der Waals surface area contributed by atoms with Crippen LogP contribution in [-0.4, -0.2) is 40.2 Å². The third-order valence-electron chi connectivity index (χ3n) is 6.48. The van der Waals surface area contributed by atoms with Gasteiger partial charge in [-0.25, -0.2) is 0 Å². The highest BCUT2D eigenvalue weighted by molar-refractivity contribution is 5.47. The summed E-state index contributed by atoms with van der Waals surface area (Å²) in [6, 6.07) is 13.1. The van der Waals surface area contributed by atoms with Gasteiger partial charge >= 0.3 is 0 Å². The summed E-state index contributed by atoms with van der Waals surface area (Å²) in [5.74, 6) is 0.732. The predicted octanol–water partition coefficient (Wildman–Crippen LogP) is 4.85. The van der Waals surface area contributed by atoms with E-state index in [2.05, 4.69) is 51.1 Å². The molecule has 0 aliphatic rings. The van der Waals surface area contributed by atoms with Crippen LogP contribution in [0.4, 0.5) is 0 Å². The first-order valence-corrected chi connectivity index (χ1v) is 11.4. The molecule has 2 aromatic carbocycles. The standard InChI is InChI=1S/C27H40O4/c1-7-27(8-2,22-10-9-21(19(3)15-22)13-14-26(5,6)30)23-11-12-25(20(4)16-23)31-18-24(29)17-28/h9-12,15-16,24,28-30H,7-8,13-14,17-18H2,1-6H3/t24-/m0/s1. The third kappa shape index (κ3) is 6.31. The molecule has 31 heavy (non-hydrogen) atoms. The number of hydrogen-bond donors (Lipinski definition) is 3. The summed E-state index contributed by atoms with van der Waals surface area (Å²) in [6.07, 6.45) is 2.70. The van der Waals surface area contributed by atoms with Gasteiger partial charge in [-0.15, -0.1) is 0 Å². The average Bonchev–Trinajstić information content (AvgIpc) is 2.72. The van der Waals surface area contributed by atoms with Crippen molar-refractivity contribution in [3.63, 3.8) is 0 Å². The van der Waals surface area contributed by atoms with Crippen molar-refractivity contribution in [1.29, 1.82) is 0 Å². The minimum atomic E-state index is -0.873. The first-order chi connectivity index (χ1) is 14.6. The zero-order valence-corrected chi connectivity index (χ0v) is 20.0. The Kier molecular flexibility index (Phi) is 8.70. The lowest BCUT2D eigenvalue weighted by Gasteiger charge is -2.34. The maximum Gasteiger partial charge on any atom is 0.122 e. The van der Waals surface area contributed by atoms with Crippen LogP contribution in [0.25, 0.3) is 0 Å². The minimum absolute atomic E-state index is 0.0781. The minimum Gasteiger partial charge on any atom is -0.491 e. The van der Waals surface area contributed by atoms with Gasteiger partial charge < -0.3 is 20.1 Å². The van der Waals surface area contributed by atoms with Crippen LogP contribution in [0.15, 0.2) is 36.4 Å². The van der Waals surface area contributed by atoms with Crippen molar-refractivity contribution in [3.8, 4) is 5.75 Å². The monoisotopic (exact) mass is 428 g/mol. The average molecular weight is 429 g/mol. The molecule has 0 aliphatic carbocycles. The smallest absolute Gasteiger partial charge is 0.122 e. The van der Waals surface area contributed by atoms with Crippen molar-refractivity contribution in [2.75, 3.05) is 13.2 Å². The number of benzene rings is 2. The van der Waals surface area contributed by atoms with E-state index in [0.29, 0.717) is 0 Å². The first kappa shape index (κ1) is 25.4. The molecule has 0 fully saturated rings. The van der Waals surface area contributed by atoms with Crippen molar-refractivity contribution in [2.24, 2.45) is 0 Å². The summed E-state index contributed by atoms with van der Waals surface area (Å²) in [4.78, 5) is 0. The van der Waals surface area contributed by atoms with E-state index in [1.54, 1.807) is 0 Å². The molecular formula is C27H40O4. The lowest BCUT2D eigenvalue weighted by Crippen LogP contribution is -2.27. The van der Waals surface area contributed by atoms with Gasteiger partial charge in [-0.05, 0) is 87.3 Å². The van der Waals surface area contributed by atoms with E-state index in [9.17, 15) is 10.2 Å². The van der Waals surface area contributed by atoms with E-state index in [-0.39, 0.29) is 18.6 Å². The molecule has 0 bridgehead atoms. The van der Waals surface area contributed by atoms with Gasteiger partial charge in [0, 0.05) is 5.41 Å².